The lowest BCUT2D eigenvalue weighted by Crippen LogP contribution is -2.15. The van der Waals surface area contributed by atoms with Gasteiger partial charge in [-0.2, -0.15) is 9.61 Å². The molecule has 0 bridgehead atoms. The fourth-order valence-corrected chi connectivity index (χ4v) is 4.89. The van der Waals surface area contributed by atoms with Gasteiger partial charge in [0.2, 0.25) is 0 Å². The highest BCUT2D eigenvalue weighted by molar-refractivity contribution is 9.10. The van der Waals surface area contributed by atoms with Crippen LogP contribution in [0.2, 0.25) is 5.02 Å². The predicted molar refractivity (Wildman–Crippen MR) is 138 cm³/mol. The predicted octanol–water partition coefficient (Wildman–Crippen LogP) is 6.07. The number of furan rings is 1. The lowest BCUT2D eigenvalue weighted by molar-refractivity contribution is 0.630. The van der Waals surface area contributed by atoms with E-state index < -0.39 is 0 Å². The molecule has 0 aliphatic carbocycles. The summed E-state index contributed by atoms with van der Waals surface area (Å²) < 4.78 is 8.88. The van der Waals surface area contributed by atoms with Gasteiger partial charge in [0.1, 0.15) is 22.2 Å². The maximum Gasteiger partial charge on any atom is 0.180 e. The quantitative estimate of drug-likeness (QED) is 0.278. The van der Waals surface area contributed by atoms with Crippen LogP contribution in [0.3, 0.4) is 0 Å². The summed E-state index contributed by atoms with van der Waals surface area (Å²) >= 11 is 10.1. The van der Waals surface area contributed by atoms with Crippen LogP contribution < -0.4 is 4.90 Å². The van der Waals surface area contributed by atoms with Crippen LogP contribution >= 0.6 is 27.5 Å². The third kappa shape index (κ3) is 3.57. The van der Waals surface area contributed by atoms with Crippen LogP contribution in [0.4, 0.5) is 11.5 Å². The highest BCUT2D eigenvalue weighted by atomic mass is 79.9. The van der Waals surface area contributed by atoms with Gasteiger partial charge in [-0.05, 0) is 51.0 Å². The van der Waals surface area contributed by atoms with Gasteiger partial charge in [-0.3, -0.25) is 0 Å². The van der Waals surface area contributed by atoms with Crippen LogP contribution in [-0.4, -0.2) is 42.3 Å². The second-order valence-electron chi connectivity index (χ2n) is 7.97. The molecule has 0 saturated carbocycles. The number of halogens is 2. The van der Waals surface area contributed by atoms with Crippen molar-refractivity contribution < 1.29 is 4.42 Å². The van der Waals surface area contributed by atoms with Crippen LogP contribution in [0.25, 0.3) is 39.3 Å². The van der Waals surface area contributed by atoms with Gasteiger partial charge < -0.3 is 9.32 Å². The number of nitrogens with one attached hydrogen (secondary N) is 1. The molecule has 6 rings (SSSR count). The van der Waals surface area contributed by atoms with Gasteiger partial charge in [0.15, 0.2) is 11.5 Å². The first-order valence-electron chi connectivity index (χ1n) is 10.9. The molecule has 9 nitrogen and oxygen atoms in total. The van der Waals surface area contributed by atoms with Crippen LogP contribution in [-0.2, 0) is 6.42 Å². The van der Waals surface area contributed by atoms with E-state index in [2.05, 4.69) is 64.5 Å². The first-order chi connectivity index (χ1) is 17.0. The number of hydrogen-bond acceptors (Lipinski definition) is 7. The summed E-state index contributed by atoms with van der Waals surface area (Å²) in [6.07, 6.45) is 2.40. The first kappa shape index (κ1) is 21.8. The van der Waals surface area contributed by atoms with Crippen molar-refractivity contribution in [3.05, 3.63) is 69.9 Å². The van der Waals surface area contributed by atoms with Crippen molar-refractivity contribution in [2.24, 2.45) is 0 Å². The molecular formula is C24H18BrClN8O. The Morgan fingerprint density at radius 2 is 1.97 bits per heavy atom. The van der Waals surface area contributed by atoms with Gasteiger partial charge in [-0.25, -0.2) is 10.1 Å². The molecule has 0 amide bonds. The van der Waals surface area contributed by atoms with E-state index in [4.69, 9.17) is 16.0 Å². The zero-order valence-corrected chi connectivity index (χ0v) is 21.0. The molecule has 0 saturated heterocycles. The third-order valence-corrected chi connectivity index (χ3v) is 6.99. The molecule has 6 aromatic rings. The number of fused-ring (bicyclic) bond motifs is 2. The summed E-state index contributed by atoms with van der Waals surface area (Å²) in [6, 6.07) is 15.9. The van der Waals surface area contributed by atoms with E-state index in [-0.39, 0.29) is 0 Å². The SMILES string of the molecule is CCc1cc(N(C)c2ccc3oc(-c4ccccc4-c4nnn[nH]4)c(Br)c3c2)n2ncc(Cl)c2n1. The minimum atomic E-state index is 0.522. The molecule has 0 spiro atoms. The van der Waals surface area contributed by atoms with Gasteiger partial charge in [0.05, 0.1) is 10.7 Å². The highest BCUT2D eigenvalue weighted by Crippen LogP contribution is 2.42. The van der Waals surface area contributed by atoms with Gasteiger partial charge in [0.25, 0.3) is 0 Å². The van der Waals surface area contributed by atoms with Crippen LogP contribution in [0.5, 0.6) is 0 Å². The molecule has 0 aliphatic rings. The topological polar surface area (TPSA) is 101 Å². The number of rotatable bonds is 5. The van der Waals surface area contributed by atoms with Gasteiger partial charge in [-0.15, -0.1) is 5.10 Å². The number of aromatic amines is 1. The number of anilines is 2. The van der Waals surface area contributed by atoms with E-state index in [9.17, 15) is 0 Å². The number of benzene rings is 2. The highest BCUT2D eigenvalue weighted by Gasteiger charge is 2.20. The molecule has 0 atom stereocenters. The summed E-state index contributed by atoms with van der Waals surface area (Å²) in [4.78, 5) is 6.68. The summed E-state index contributed by atoms with van der Waals surface area (Å²) in [7, 11) is 1.99. The van der Waals surface area contributed by atoms with E-state index >= 15 is 0 Å². The number of H-pyrrole nitrogens is 1. The normalized spacial score (nSPS) is 11.5. The Balaban J connectivity index is 1.47. The van der Waals surface area contributed by atoms with E-state index in [0.717, 1.165) is 50.2 Å². The summed E-state index contributed by atoms with van der Waals surface area (Å²) in [5, 5.41) is 20.2. The molecule has 174 valence electrons. The van der Waals surface area contributed by atoms with Crippen molar-refractivity contribution in [2.75, 3.05) is 11.9 Å². The molecule has 4 heterocycles. The van der Waals surface area contributed by atoms with Crippen molar-refractivity contribution >= 4 is 55.7 Å². The maximum absolute atomic E-state index is 6.34. The standard InChI is InChI=1S/C24H18BrClN8O/c1-3-13-10-20(34-24(28-13)18(26)12-27-34)33(2)14-8-9-19-17(11-14)21(25)22(35-19)15-6-4-5-7-16(15)23-29-31-32-30-23/h4-12H,3H2,1-2H3,(H,29,30,31,32). The average molecular weight is 550 g/mol. The van der Waals surface area contributed by atoms with Crippen molar-refractivity contribution in [1.29, 1.82) is 0 Å². The van der Waals surface area contributed by atoms with E-state index in [1.54, 1.807) is 10.7 Å². The van der Waals surface area contributed by atoms with E-state index in [1.807, 2.05) is 49.5 Å². The number of nitrogens with zero attached hydrogens (tertiary/aromatic N) is 7. The molecular weight excluding hydrogens is 532 g/mol. The molecule has 1 N–H and O–H groups in total. The third-order valence-electron chi connectivity index (χ3n) is 5.94. The first-order valence-corrected chi connectivity index (χ1v) is 12.0. The lowest BCUT2D eigenvalue weighted by atomic mass is 10.0. The fraction of sp³-hybridized carbons (Fsp3) is 0.125. The summed E-state index contributed by atoms with van der Waals surface area (Å²) in [6.45, 7) is 2.07. The zero-order valence-electron chi connectivity index (χ0n) is 18.7. The Kier molecular flexibility index (Phi) is 5.27. The average Bonchev–Trinajstić information content (AvgIpc) is 3.63. The van der Waals surface area contributed by atoms with Crippen molar-refractivity contribution in [2.45, 2.75) is 13.3 Å². The number of aromatic nitrogens is 7. The van der Waals surface area contributed by atoms with Gasteiger partial charge in [-0.1, -0.05) is 42.8 Å². The molecule has 0 unspecified atom stereocenters. The molecule has 11 heteroatoms. The molecule has 0 radical (unpaired) electrons. The largest absolute Gasteiger partial charge is 0.455 e. The Morgan fingerprint density at radius 3 is 2.74 bits per heavy atom. The van der Waals surface area contributed by atoms with Crippen LogP contribution in [0.1, 0.15) is 12.6 Å². The molecule has 2 aromatic carbocycles. The summed E-state index contributed by atoms with van der Waals surface area (Å²) in [5.41, 5.74) is 5.01. The van der Waals surface area contributed by atoms with Crippen molar-refractivity contribution in [3.8, 4) is 22.7 Å². The lowest BCUT2D eigenvalue weighted by Gasteiger charge is -2.21. The minimum absolute atomic E-state index is 0.522. The number of tetrazole rings is 1. The zero-order chi connectivity index (χ0) is 24.1. The van der Waals surface area contributed by atoms with Crippen molar-refractivity contribution in [1.82, 2.24) is 35.2 Å². The Morgan fingerprint density at radius 1 is 1.14 bits per heavy atom. The fourth-order valence-electron chi connectivity index (χ4n) is 4.12. The van der Waals surface area contributed by atoms with Crippen LogP contribution in [0.15, 0.2) is 63.6 Å². The smallest absolute Gasteiger partial charge is 0.180 e. The molecule has 35 heavy (non-hydrogen) atoms. The van der Waals surface area contributed by atoms with E-state index in [1.165, 1.54) is 0 Å². The molecule has 0 aliphatic heterocycles. The summed E-state index contributed by atoms with van der Waals surface area (Å²) in [5.74, 6) is 2.13. The molecule has 0 fully saturated rings. The second kappa shape index (κ2) is 8.47. The van der Waals surface area contributed by atoms with Crippen molar-refractivity contribution in [3.63, 3.8) is 0 Å². The van der Waals surface area contributed by atoms with Gasteiger partial charge >= 0.3 is 0 Å². The number of aryl methyl sites for hydroxylation is 1. The van der Waals surface area contributed by atoms with Crippen LogP contribution in [0, 0.1) is 0 Å². The molecule has 4 aromatic heterocycles. The Bertz CT molecular complexity index is 1690. The monoisotopic (exact) mass is 548 g/mol. The second-order valence-corrected chi connectivity index (χ2v) is 9.17. The number of hydrogen-bond donors (Lipinski definition) is 1. The maximum atomic E-state index is 6.34. The Hall–Kier alpha value is -3.76. The minimum Gasteiger partial charge on any atom is -0.455 e. The van der Waals surface area contributed by atoms with E-state index in [0.29, 0.717) is 22.3 Å². The Labute approximate surface area is 212 Å². The van der Waals surface area contributed by atoms with Gasteiger partial charge in [0, 0.05) is 41.0 Å².